The Bertz CT molecular complexity index is 697. The number of carbonyl (C=O) groups is 1. The summed E-state index contributed by atoms with van der Waals surface area (Å²) in [4.78, 5) is 13.6. The molecule has 2 fully saturated rings. The monoisotopic (exact) mass is 400 g/mol. The van der Waals surface area contributed by atoms with Gasteiger partial charge in [0, 0.05) is 6.04 Å². The molecule has 0 bridgehead atoms. The summed E-state index contributed by atoms with van der Waals surface area (Å²) < 4.78 is 27.1. The van der Waals surface area contributed by atoms with Crippen LogP contribution in [0.2, 0.25) is 0 Å². The number of carbonyl (C=O) groups excluding carboxylic acids is 1. The van der Waals surface area contributed by atoms with Crippen molar-refractivity contribution in [2.75, 3.05) is 32.7 Å². The van der Waals surface area contributed by atoms with Crippen LogP contribution in [0.25, 0.3) is 0 Å². The lowest BCUT2D eigenvalue weighted by molar-refractivity contribution is -0.895. The molecule has 0 spiro atoms. The van der Waals surface area contributed by atoms with Gasteiger partial charge in [-0.15, -0.1) is 11.3 Å². The van der Waals surface area contributed by atoms with Gasteiger partial charge in [0.25, 0.3) is 15.9 Å². The highest BCUT2D eigenvalue weighted by molar-refractivity contribution is 7.91. The van der Waals surface area contributed by atoms with Crippen LogP contribution in [-0.4, -0.2) is 57.4 Å². The standard InChI is InChI=1S/C18H29N3O3S2/c1-14-5-3-6-16(15(14)2)19-17(22)13-20-8-10-21(11-9-20)26(23,24)18-7-4-12-25-18/h4,7,12,14-16H,3,5-6,8-11,13H2,1-2H3,(H,19,22)/p+1/t14-,15-,16+/m1/s1. The van der Waals surface area contributed by atoms with E-state index in [4.69, 9.17) is 0 Å². The van der Waals surface area contributed by atoms with Crippen LogP contribution >= 0.6 is 11.3 Å². The second kappa shape index (κ2) is 8.37. The molecule has 26 heavy (non-hydrogen) atoms. The summed E-state index contributed by atoms with van der Waals surface area (Å²) >= 11 is 1.25. The number of amides is 1. The molecule has 2 aliphatic rings. The lowest BCUT2D eigenvalue weighted by atomic mass is 9.78. The van der Waals surface area contributed by atoms with E-state index in [0.717, 1.165) is 11.3 Å². The fourth-order valence-corrected chi connectivity index (χ4v) is 6.61. The molecule has 146 valence electrons. The van der Waals surface area contributed by atoms with Crippen LogP contribution in [0.1, 0.15) is 33.1 Å². The molecule has 2 N–H and O–H groups in total. The second-order valence-corrected chi connectivity index (χ2v) is 10.8. The summed E-state index contributed by atoms with van der Waals surface area (Å²) in [7, 11) is -3.37. The first-order valence-corrected chi connectivity index (χ1v) is 11.9. The number of piperazine rings is 1. The average molecular weight is 401 g/mol. The molecule has 3 atom stereocenters. The second-order valence-electron chi connectivity index (χ2n) is 7.70. The maximum Gasteiger partial charge on any atom is 0.275 e. The van der Waals surface area contributed by atoms with Crippen molar-refractivity contribution in [1.29, 1.82) is 0 Å². The van der Waals surface area contributed by atoms with Crippen molar-refractivity contribution in [2.24, 2.45) is 11.8 Å². The van der Waals surface area contributed by atoms with E-state index in [1.165, 1.54) is 24.2 Å². The van der Waals surface area contributed by atoms with E-state index < -0.39 is 10.0 Å². The maximum absolute atomic E-state index is 12.6. The fourth-order valence-electron chi connectivity index (χ4n) is 4.03. The first kappa shape index (κ1) is 19.8. The first-order valence-electron chi connectivity index (χ1n) is 9.54. The maximum atomic E-state index is 12.6. The lowest BCUT2D eigenvalue weighted by Crippen LogP contribution is -3.15. The smallest absolute Gasteiger partial charge is 0.275 e. The van der Waals surface area contributed by atoms with Gasteiger partial charge in [0.1, 0.15) is 4.21 Å². The Hall–Kier alpha value is -0.960. The number of hydrogen-bond donors (Lipinski definition) is 2. The SMILES string of the molecule is C[C@@H]1[C@H](C)CCC[C@@H]1NC(=O)C[NH+]1CCN(S(=O)(=O)c2cccs2)CC1. The van der Waals surface area contributed by atoms with Crippen LogP contribution in [0.5, 0.6) is 0 Å². The van der Waals surface area contributed by atoms with Gasteiger partial charge in [0.15, 0.2) is 6.54 Å². The molecule has 1 aromatic heterocycles. The minimum atomic E-state index is -3.37. The molecule has 1 aliphatic carbocycles. The number of nitrogens with zero attached hydrogens (tertiary/aromatic N) is 1. The quantitative estimate of drug-likeness (QED) is 0.760. The van der Waals surface area contributed by atoms with Crippen LogP contribution < -0.4 is 10.2 Å². The minimum Gasteiger partial charge on any atom is -0.348 e. The number of hydrogen-bond acceptors (Lipinski definition) is 4. The van der Waals surface area contributed by atoms with Gasteiger partial charge in [-0.2, -0.15) is 4.31 Å². The van der Waals surface area contributed by atoms with Crippen molar-refractivity contribution in [3.05, 3.63) is 17.5 Å². The summed E-state index contributed by atoms with van der Waals surface area (Å²) in [6, 6.07) is 3.70. The number of quaternary nitrogens is 1. The Morgan fingerprint density at radius 1 is 1.31 bits per heavy atom. The fraction of sp³-hybridized carbons (Fsp3) is 0.722. The predicted molar refractivity (Wildman–Crippen MR) is 103 cm³/mol. The Morgan fingerprint density at radius 3 is 2.69 bits per heavy atom. The summed E-state index contributed by atoms with van der Waals surface area (Å²) in [6.45, 7) is 7.23. The zero-order valence-electron chi connectivity index (χ0n) is 15.6. The summed E-state index contributed by atoms with van der Waals surface area (Å²) in [5.74, 6) is 1.28. The Balaban J connectivity index is 1.47. The third-order valence-corrected chi connectivity index (χ3v) is 9.25. The van der Waals surface area contributed by atoms with Crippen molar-refractivity contribution in [2.45, 2.75) is 43.4 Å². The summed E-state index contributed by atoms with van der Waals surface area (Å²) in [5.41, 5.74) is 0. The minimum absolute atomic E-state index is 0.0977. The first-order chi connectivity index (χ1) is 12.4. The molecule has 3 rings (SSSR count). The third kappa shape index (κ3) is 4.47. The van der Waals surface area contributed by atoms with E-state index in [9.17, 15) is 13.2 Å². The van der Waals surface area contributed by atoms with Crippen molar-refractivity contribution in [3.63, 3.8) is 0 Å². The van der Waals surface area contributed by atoms with Crippen LogP contribution in [0, 0.1) is 11.8 Å². The zero-order chi connectivity index (χ0) is 18.7. The van der Waals surface area contributed by atoms with E-state index in [2.05, 4.69) is 19.2 Å². The van der Waals surface area contributed by atoms with E-state index in [1.807, 2.05) is 0 Å². The molecule has 8 heteroatoms. The van der Waals surface area contributed by atoms with Gasteiger partial charge in [-0.05, 0) is 29.7 Å². The predicted octanol–water partition coefficient (Wildman–Crippen LogP) is 0.578. The van der Waals surface area contributed by atoms with E-state index in [-0.39, 0.29) is 11.9 Å². The van der Waals surface area contributed by atoms with Gasteiger partial charge in [0.05, 0.1) is 26.2 Å². The highest BCUT2D eigenvalue weighted by atomic mass is 32.2. The van der Waals surface area contributed by atoms with E-state index in [0.29, 0.717) is 48.8 Å². The van der Waals surface area contributed by atoms with Crippen molar-refractivity contribution in [1.82, 2.24) is 9.62 Å². The molecule has 1 amide bonds. The van der Waals surface area contributed by atoms with E-state index in [1.54, 1.807) is 21.8 Å². The van der Waals surface area contributed by atoms with Crippen molar-refractivity contribution < 1.29 is 18.1 Å². The molecule has 1 saturated heterocycles. The molecular formula is C18H30N3O3S2+. The van der Waals surface area contributed by atoms with Gasteiger partial charge in [-0.3, -0.25) is 4.79 Å². The van der Waals surface area contributed by atoms with Crippen LogP contribution in [0.4, 0.5) is 0 Å². The lowest BCUT2D eigenvalue weighted by Gasteiger charge is -2.35. The van der Waals surface area contributed by atoms with Gasteiger partial charge >= 0.3 is 0 Å². The summed E-state index contributed by atoms with van der Waals surface area (Å²) in [6.07, 6.45) is 3.50. The molecular weight excluding hydrogens is 370 g/mol. The number of thiophene rings is 1. The zero-order valence-corrected chi connectivity index (χ0v) is 17.2. The topological polar surface area (TPSA) is 70.9 Å². The highest BCUT2D eigenvalue weighted by Crippen LogP contribution is 2.29. The van der Waals surface area contributed by atoms with Crippen LogP contribution in [-0.2, 0) is 14.8 Å². The van der Waals surface area contributed by atoms with Crippen LogP contribution in [0.15, 0.2) is 21.7 Å². The number of sulfonamides is 1. The van der Waals surface area contributed by atoms with Crippen LogP contribution in [0.3, 0.4) is 0 Å². The van der Waals surface area contributed by atoms with E-state index >= 15 is 0 Å². The van der Waals surface area contributed by atoms with Crippen molar-refractivity contribution >= 4 is 27.3 Å². The highest BCUT2D eigenvalue weighted by Gasteiger charge is 2.33. The average Bonchev–Trinajstić information content (AvgIpc) is 3.15. The Morgan fingerprint density at radius 2 is 2.04 bits per heavy atom. The Kier molecular flexibility index (Phi) is 6.37. The van der Waals surface area contributed by atoms with Crippen molar-refractivity contribution in [3.8, 4) is 0 Å². The molecule has 6 nitrogen and oxygen atoms in total. The van der Waals surface area contributed by atoms with Gasteiger partial charge in [-0.1, -0.05) is 32.8 Å². The van der Waals surface area contributed by atoms with Gasteiger partial charge in [0.2, 0.25) is 0 Å². The normalized spacial score (nSPS) is 28.8. The summed E-state index contributed by atoms with van der Waals surface area (Å²) in [5, 5.41) is 5.00. The largest absolute Gasteiger partial charge is 0.348 e. The molecule has 2 heterocycles. The molecule has 1 aromatic rings. The molecule has 1 saturated carbocycles. The number of nitrogens with one attached hydrogen (secondary N) is 2. The van der Waals surface area contributed by atoms with Gasteiger partial charge < -0.3 is 10.2 Å². The van der Waals surface area contributed by atoms with Gasteiger partial charge in [-0.25, -0.2) is 8.42 Å². The third-order valence-electron chi connectivity index (χ3n) is 5.98. The molecule has 0 unspecified atom stereocenters. The Labute approximate surface area is 160 Å². The molecule has 1 aliphatic heterocycles. The molecule has 0 aromatic carbocycles. The number of rotatable bonds is 5. The molecule has 0 radical (unpaired) electrons.